The highest BCUT2D eigenvalue weighted by Crippen LogP contribution is 2.36. The first-order valence-corrected chi connectivity index (χ1v) is 7.89. The van der Waals surface area contributed by atoms with E-state index in [9.17, 15) is 14.7 Å². The molecule has 7 heteroatoms. The van der Waals surface area contributed by atoms with Crippen LogP contribution in [-0.2, 0) is 4.79 Å². The molecule has 0 aliphatic rings. The minimum absolute atomic E-state index is 0.0944. The Balaban J connectivity index is 2.19. The van der Waals surface area contributed by atoms with E-state index < -0.39 is 12.6 Å². The zero-order chi connectivity index (χ0) is 19.1. The van der Waals surface area contributed by atoms with Gasteiger partial charge < -0.3 is 24.1 Å². The summed E-state index contributed by atoms with van der Waals surface area (Å²) in [7, 11) is 2.95. The predicted octanol–water partition coefficient (Wildman–Crippen LogP) is 2.38. The third-order valence-corrected chi connectivity index (χ3v) is 3.67. The number of benzene rings is 2. The maximum Gasteiger partial charge on any atom is 0.185 e. The maximum atomic E-state index is 12.2. The Hall–Kier alpha value is -2.99. The van der Waals surface area contributed by atoms with Gasteiger partial charge in [0, 0.05) is 5.56 Å². The molecule has 0 unspecified atom stereocenters. The molecule has 2 aromatic carbocycles. The Morgan fingerprint density at radius 2 is 1.81 bits per heavy atom. The smallest absolute Gasteiger partial charge is 0.185 e. The van der Waals surface area contributed by atoms with Crippen molar-refractivity contribution in [2.45, 2.75) is 0 Å². The fourth-order valence-electron chi connectivity index (χ4n) is 2.13. The summed E-state index contributed by atoms with van der Waals surface area (Å²) in [6.45, 7) is -0.652. The van der Waals surface area contributed by atoms with Crippen LogP contribution in [0.2, 0.25) is 5.02 Å². The topological polar surface area (TPSA) is 84.9 Å². The second-order valence-corrected chi connectivity index (χ2v) is 5.53. The monoisotopic (exact) mass is 375 g/mol. The number of aliphatic carboxylic acids is 1. The highest BCUT2D eigenvalue weighted by atomic mass is 35.5. The lowest BCUT2D eigenvalue weighted by Crippen LogP contribution is -2.29. The Bertz CT molecular complexity index is 827. The summed E-state index contributed by atoms with van der Waals surface area (Å²) in [5, 5.41) is 10.7. The fourth-order valence-corrected chi connectivity index (χ4v) is 2.40. The fraction of sp³-hybridized carbons (Fsp3) is 0.158. The number of carboxylic acid groups (broad SMARTS) is 1. The standard InChI is InChI=1S/C19H17ClO6/c1-24-14-6-4-13(5-7-14)16(21)8-3-12-9-15(20)19(17(10-12)25-2)26-11-18(22)23/h3-10H,11H2,1-2H3,(H,22,23)/p-1/b8-3+. The van der Waals surface area contributed by atoms with Gasteiger partial charge in [-0.1, -0.05) is 17.7 Å². The van der Waals surface area contributed by atoms with E-state index in [2.05, 4.69) is 0 Å². The van der Waals surface area contributed by atoms with Gasteiger partial charge in [-0.2, -0.15) is 0 Å². The van der Waals surface area contributed by atoms with Gasteiger partial charge >= 0.3 is 0 Å². The van der Waals surface area contributed by atoms with Crippen LogP contribution < -0.4 is 19.3 Å². The second-order valence-electron chi connectivity index (χ2n) is 5.12. The summed E-state index contributed by atoms with van der Waals surface area (Å²) in [6, 6.07) is 9.83. The number of methoxy groups -OCH3 is 2. The van der Waals surface area contributed by atoms with Crippen molar-refractivity contribution in [2.24, 2.45) is 0 Å². The summed E-state index contributed by atoms with van der Waals surface area (Å²) in [5.41, 5.74) is 1.10. The highest BCUT2D eigenvalue weighted by molar-refractivity contribution is 6.32. The normalized spacial score (nSPS) is 10.6. The number of allylic oxidation sites excluding steroid dienone is 1. The van der Waals surface area contributed by atoms with Crippen molar-refractivity contribution in [3.8, 4) is 17.2 Å². The van der Waals surface area contributed by atoms with E-state index in [0.29, 0.717) is 16.9 Å². The lowest BCUT2D eigenvalue weighted by Gasteiger charge is -2.13. The third kappa shape index (κ3) is 5.00. The van der Waals surface area contributed by atoms with Crippen molar-refractivity contribution >= 4 is 29.4 Å². The number of ketones is 1. The lowest BCUT2D eigenvalue weighted by molar-refractivity contribution is -0.307. The zero-order valence-corrected chi connectivity index (χ0v) is 14.9. The maximum absolute atomic E-state index is 12.2. The number of hydrogen-bond acceptors (Lipinski definition) is 6. The van der Waals surface area contributed by atoms with Crippen LogP contribution in [0.3, 0.4) is 0 Å². The quantitative estimate of drug-likeness (QED) is 0.520. The molecule has 0 amide bonds. The number of rotatable bonds is 8. The van der Waals surface area contributed by atoms with E-state index in [0.717, 1.165) is 0 Å². The van der Waals surface area contributed by atoms with Crippen LogP contribution in [0, 0.1) is 0 Å². The van der Waals surface area contributed by atoms with Crippen LogP contribution in [0.25, 0.3) is 6.08 Å². The van der Waals surface area contributed by atoms with Gasteiger partial charge in [0.05, 0.1) is 25.2 Å². The molecule has 6 nitrogen and oxygen atoms in total. The average Bonchev–Trinajstić information content (AvgIpc) is 2.64. The van der Waals surface area contributed by atoms with Crippen molar-refractivity contribution in [3.63, 3.8) is 0 Å². The molecule has 26 heavy (non-hydrogen) atoms. The van der Waals surface area contributed by atoms with Crippen molar-refractivity contribution in [2.75, 3.05) is 20.8 Å². The molecule has 0 fully saturated rings. The molecule has 0 aliphatic heterocycles. The molecule has 0 aliphatic carbocycles. The number of carboxylic acids is 1. The lowest BCUT2D eigenvalue weighted by atomic mass is 10.1. The predicted molar refractivity (Wildman–Crippen MR) is 94.9 cm³/mol. The number of ether oxygens (including phenoxy) is 3. The Kier molecular flexibility index (Phi) is 6.63. The average molecular weight is 376 g/mol. The molecule has 0 spiro atoms. The molecule has 2 aromatic rings. The van der Waals surface area contributed by atoms with Gasteiger partial charge in [0.25, 0.3) is 0 Å². The first kappa shape index (κ1) is 19.3. The molecular formula is C19H16ClO6-. The minimum atomic E-state index is -1.38. The number of halogens is 1. The molecule has 0 aromatic heterocycles. The van der Waals surface area contributed by atoms with Crippen LogP contribution in [0.5, 0.6) is 17.2 Å². The first-order valence-electron chi connectivity index (χ1n) is 7.51. The number of carbonyl (C=O) groups excluding carboxylic acids is 2. The third-order valence-electron chi connectivity index (χ3n) is 3.39. The van der Waals surface area contributed by atoms with E-state index >= 15 is 0 Å². The van der Waals surface area contributed by atoms with E-state index in [1.165, 1.54) is 19.3 Å². The van der Waals surface area contributed by atoms with Gasteiger partial charge in [0.1, 0.15) is 12.4 Å². The largest absolute Gasteiger partial charge is 0.546 e. The molecule has 0 saturated carbocycles. The van der Waals surface area contributed by atoms with Crippen LogP contribution in [0.1, 0.15) is 15.9 Å². The number of hydrogen-bond donors (Lipinski definition) is 0. The Morgan fingerprint density at radius 3 is 2.38 bits per heavy atom. The van der Waals surface area contributed by atoms with Crippen LogP contribution >= 0.6 is 11.6 Å². The van der Waals surface area contributed by atoms with Crippen molar-refractivity contribution in [1.29, 1.82) is 0 Å². The van der Waals surface area contributed by atoms with Crippen molar-refractivity contribution < 1.29 is 28.9 Å². The van der Waals surface area contributed by atoms with Crippen molar-refractivity contribution in [3.05, 3.63) is 58.6 Å². The minimum Gasteiger partial charge on any atom is -0.546 e. The second kappa shape index (κ2) is 8.92. The van der Waals surface area contributed by atoms with Crippen molar-refractivity contribution in [1.82, 2.24) is 0 Å². The molecule has 0 radical (unpaired) electrons. The SMILES string of the molecule is COc1ccc(C(=O)/C=C/c2cc(Cl)c(OCC(=O)[O-])c(OC)c2)cc1. The first-order chi connectivity index (χ1) is 12.4. The van der Waals surface area contributed by atoms with Gasteiger partial charge in [-0.25, -0.2) is 0 Å². The summed E-state index contributed by atoms with van der Waals surface area (Å²) in [5.74, 6) is -0.571. The van der Waals surface area contributed by atoms with Gasteiger partial charge in [-0.3, -0.25) is 4.79 Å². The molecule has 0 N–H and O–H groups in total. The summed E-state index contributed by atoms with van der Waals surface area (Å²) < 4.78 is 15.3. The zero-order valence-electron chi connectivity index (χ0n) is 14.2. The van der Waals surface area contributed by atoms with Crippen LogP contribution in [0.4, 0.5) is 0 Å². The van der Waals surface area contributed by atoms with Gasteiger partial charge in [0.15, 0.2) is 17.3 Å². The molecule has 0 saturated heterocycles. The molecule has 0 atom stereocenters. The van der Waals surface area contributed by atoms with Crippen LogP contribution in [0.15, 0.2) is 42.5 Å². The van der Waals surface area contributed by atoms with Gasteiger partial charge in [-0.05, 0) is 48.0 Å². The molecule has 2 rings (SSSR count). The van der Waals surface area contributed by atoms with Crippen LogP contribution in [-0.4, -0.2) is 32.6 Å². The van der Waals surface area contributed by atoms with E-state index in [1.54, 1.807) is 43.5 Å². The Labute approximate surface area is 155 Å². The summed E-state index contributed by atoms with van der Waals surface area (Å²) in [4.78, 5) is 22.7. The van der Waals surface area contributed by atoms with E-state index in [1.807, 2.05) is 0 Å². The Morgan fingerprint density at radius 1 is 1.12 bits per heavy atom. The molecular weight excluding hydrogens is 360 g/mol. The van der Waals surface area contributed by atoms with Gasteiger partial charge in [0.2, 0.25) is 0 Å². The van der Waals surface area contributed by atoms with E-state index in [4.69, 9.17) is 25.8 Å². The summed E-state index contributed by atoms with van der Waals surface area (Å²) in [6.07, 6.45) is 2.97. The number of carbonyl (C=O) groups is 2. The molecule has 0 heterocycles. The van der Waals surface area contributed by atoms with Gasteiger partial charge in [-0.15, -0.1) is 0 Å². The highest BCUT2D eigenvalue weighted by Gasteiger charge is 2.12. The van der Waals surface area contributed by atoms with E-state index in [-0.39, 0.29) is 22.3 Å². The summed E-state index contributed by atoms with van der Waals surface area (Å²) >= 11 is 6.11. The molecule has 0 bridgehead atoms. The molecule has 136 valence electrons.